The third-order valence-electron chi connectivity index (χ3n) is 5.18. The molecule has 170 valence electrons. The molecule has 0 radical (unpaired) electrons. The third kappa shape index (κ3) is 6.74. The van der Waals surface area contributed by atoms with Gasteiger partial charge in [0, 0.05) is 14.2 Å². The van der Waals surface area contributed by atoms with Crippen LogP contribution in [-0.4, -0.2) is 23.4 Å². The first kappa shape index (κ1) is 24.1. The zero-order valence-electron chi connectivity index (χ0n) is 18.4. The maximum atomic E-state index is 10.7. The molecule has 0 aliphatic rings. The zero-order valence-corrected chi connectivity index (χ0v) is 21.3. The predicted octanol–water partition coefficient (Wildman–Crippen LogP) is 7.65. The van der Waals surface area contributed by atoms with Crippen LogP contribution in [0.15, 0.2) is 114 Å². The van der Waals surface area contributed by atoms with Gasteiger partial charge in [0.1, 0.15) is 5.75 Å². The number of ether oxygens (including phenoxy) is 1. The van der Waals surface area contributed by atoms with Crippen molar-refractivity contribution in [1.29, 1.82) is 0 Å². The topological polar surface area (TPSA) is 46.5 Å². The normalized spacial score (nSPS) is 11.3. The smallest absolute Gasteiger partial charge is 0.341 e. The average Bonchev–Trinajstić information content (AvgIpc) is 2.87. The van der Waals surface area contributed by atoms with Gasteiger partial charge in [0.05, 0.1) is 0 Å². The number of carboxylic acids is 1. The molecule has 0 aliphatic heterocycles. The molecule has 1 N–H and O–H groups in total. The molecule has 0 bridgehead atoms. The van der Waals surface area contributed by atoms with Crippen molar-refractivity contribution >= 4 is 45.9 Å². The van der Waals surface area contributed by atoms with Gasteiger partial charge in [-0.3, -0.25) is 0 Å². The molecule has 34 heavy (non-hydrogen) atoms. The number of carboxylic acid groups (broad SMARTS) is 1. The van der Waals surface area contributed by atoms with Crippen LogP contribution in [0.5, 0.6) is 5.75 Å². The van der Waals surface area contributed by atoms with E-state index in [1.807, 2.05) is 18.2 Å². The van der Waals surface area contributed by atoms with Gasteiger partial charge in [-0.2, -0.15) is 0 Å². The fourth-order valence-electron chi connectivity index (χ4n) is 3.50. The monoisotopic (exact) mass is 578 g/mol. The highest BCUT2D eigenvalue weighted by Gasteiger charge is 2.07. The molecule has 0 spiro atoms. The van der Waals surface area contributed by atoms with Gasteiger partial charge in [0.2, 0.25) is 0 Å². The van der Waals surface area contributed by atoms with Crippen LogP contribution in [0.4, 0.5) is 0 Å². The summed E-state index contributed by atoms with van der Waals surface area (Å²) in [5.41, 5.74) is 5.97. The summed E-state index contributed by atoms with van der Waals surface area (Å²) in [7, 11) is 0. The maximum absolute atomic E-state index is 10.7. The molecule has 0 atom stereocenters. The van der Waals surface area contributed by atoms with E-state index < -0.39 is 5.97 Å². The summed E-state index contributed by atoms with van der Waals surface area (Å²) in [5.74, 6) is 0.376. The van der Waals surface area contributed by atoms with Gasteiger partial charge >= 0.3 is 5.97 Å². The van der Waals surface area contributed by atoms with Crippen LogP contribution < -0.4 is 4.74 Å². The number of thioether (sulfide) groups is 1. The van der Waals surface area contributed by atoms with E-state index in [2.05, 4.69) is 101 Å². The van der Waals surface area contributed by atoms with Crippen LogP contribution in [0.1, 0.15) is 11.1 Å². The first-order chi connectivity index (χ1) is 16.6. The van der Waals surface area contributed by atoms with Crippen molar-refractivity contribution in [2.45, 2.75) is 4.90 Å². The van der Waals surface area contributed by atoms with Crippen molar-refractivity contribution in [2.75, 3.05) is 12.4 Å². The number of halogens is 1. The number of aliphatic carboxylic acids is 1. The van der Waals surface area contributed by atoms with Gasteiger partial charge in [0.25, 0.3) is 0 Å². The van der Waals surface area contributed by atoms with Crippen molar-refractivity contribution in [3.05, 3.63) is 124 Å². The Kier molecular flexibility index (Phi) is 8.44. The van der Waals surface area contributed by atoms with Crippen molar-refractivity contribution < 1.29 is 14.6 Å². The minimum atomic E-state index is -0.983. The van der Waals surface area contributed by atoms with Gasteiger partial charge in [0.15, 0.2) is 6.61 Å². The molecular formula is C29H23IO3S. The fraction of sp³-hybridized carbons (Fsp3) is 0.0690. The van der Waals surface area contributed by atoms with Gasteiger partial charge in [-0.15, -0.1) is 11.8 Å². The molecule has 0 saturated heterocycles. The number of carbonyl (C=O) groups is 1. The van der Waals surface area contributed by atoms with E-state index >= 15 is 0 Å². The summed E-state index contributed by atoms with van der Waals surface area (Å²) in [5, 5.41) is 8.74. The second-order valence-corrected chi connectivity index (χ2v) is 9.87. The zero-order chi connectivity index (χ0) is 23.8. The lowest BCUT2D eigenvalue weighted by Gasteiger charge is -2.11. The Bertz CT molecular complexity index is 1250. The molecule has 4 rings (SSSR count). The highest BCUT2D eigenvalue weighted by atomic mass is 127. The third-order valence-corrected chi connectivity index (χ3v) is 6.84. The summed E-state index contributed by atoms with van der Waals surface area (Å²) in [6.07, 6.45) is 2.26. The second kappa shape index (κ2) is 11.9. The second-order valence-electron chi connectivity index (χ2n) is 7.53. The highest BCUT2D eigenvalue weighted by Crippen LogP contribution is 2.29. The van der Waals surface area contributed by atoms with E-state index in [0.717, 1.165) is 10.6 Å². The van der Waals surface area contributed by atoms with E-state index in [-0.39, 0.29) is 6.61 Å². The van der Waals surface area contributed by atoms with E-state index in [1.54, 1.807) is 23.9 Å². The minimum absolute atomic E-state index is 0.336. The molecule has 3 nitrogen and oxygen atoms in total. The summed E-state index contributed by atoms with van der Waals surface area (Å²) < 4.78 is 6.42. The van der Waals surface area contributed by atoms with Gasteiger partial charge in [-0.25, -0.2) is 4.79 Å². The van der Waals surface area contributed by atoms with Gasteiger partial charge < -0.3 is 9.84 Å². The lowest BCUT2D eigenvalue weighted by atomic mass is 9.95. The van der Waals surface area contributed by atoms with Crippen LogP contribution in [0, 0.1) is 3.57 Å². The SMILES string of the molecule is O=C(O)COc1ccc(SC/C=C(/c2ccc(I)cc2)c2ccc(-c3ccccc3)cc2)cc1. The Morgan fingerprint density at radius 2 is 1.38 bits per heavy atom. The predicted molar refractivity (Wildman–Crippen MR) is 148 cm³/mol. The van der Waals surface area contributed by atoms with E-state index in [9.17, 15) is 4.79 Å². The van der Waals surface area contributed by atoms with E-state index in [0.29, 0.717) is 5.75 Å². The standard InChI is InChI=1S/C29H23IO3S/c30-25-12-10-24(11-13-25)28(23-8-6-22(7-9-23)21-4-2-1-3-5-21)18-19-34-27-16-14-26(15-17-27)33-20-29(31)32/h1-18H,19-20H2,(H,31,32)/b28-18+. The summed E-state index contributed by atoms with van der Waals surface area (Å²) in [6, 6.07) is 35.2. The van der Waals surface area contributed by atoms with Crippen LogP contribution in [0.25, 0.3) is 16.7 Å². The number of hydrogen-bond acceptors (Lipinski definition) is 3. The van der Waals surface area contributed by atoms with E-state index in [4.69, 9.17) is 9.84 Å². The quantitative estimate of drug-likeness (QED) is 0.164. The Morgan fingerprint density at radius 1 is 0.794 bits per heavy atom. The van der Waals surface area contributed by atoms with Gasteiger partial charge in [-0.05, 0) is 86.8 Å². The lowest BCUT2D eigenvalue weighted by molar-refractivity contribution is -0.139. The van der Waals surface area contributed by atoms with Crippen molar-refractivity contribution in [3.8, 4) is 16.9 Å². The molecule has 0 aromatic heterocycles. The first-order valence-corrected chi connectivity index (χ1v) is 12.8. The number of benzene rings is 4. The molecule has 4 aromatic rings. The first-order valence-electron chi connectivity index (χ1n) is 10.8. The largest absolute Gasteiger partial charge is 0.482 e. The van der Waals surface area contributed by atoms with Crippen LogP contribution in [-0.2, 0) is 4.79 Å². The average molecular weight is 578 g/mol. The summed E-state index contributed by atoms with van der Waals surface area (Å²) in [6.45, 7) is -0.336. The minimum Gasteiger partial charge on any atom is -0.482 e. The molecule has 4 aromatic carbocycles. The van der Waals surface area contributed by atoms with Crippen LogP contribution >= 0.6 is 34.4 Å². The lowest BCUT2D eigenvalue weighted by Crippen LogP contribution is -2.09. The molecule has 5 heteroatoms. The molecule has 0 aliphatic carbocycles. The molecule has 0 saturated carbocycles. The molecular weight excluding hydrogens is 555 g/mol. The van der Waals surface area contributed by atoms with Crippen molar-refractivity contribution in [2.24, 2.45) is 0 Å². The maximum Gasteiger partial charge on any atom is 0.341 e. The Morgan fingerprint density at radius 3 is 2.00 bits per heavy atom. The fourth-order valence-corrected chi connectivity index (χ4v) is 4.63. The number of rotatable bonds is 9. The van der Waals surface area contributed by atoms with Crippen LogP contribution in [0.3, 0.4) is 0 Å². The number of hydrogen-bond donors (Lipinski definition) is 1. The summed E-state index contributed by atoms with van der Waals surface area (Å²) in [4.78, 5) is 11.7. The molecule has 0 unspecified atom stereocenters. The highest BCUT2D eigenvalue weighted by molar-refractivity contribution is 14.1. The Hall–Kier alpha value is -3.03. The Labute approximate surface area is 217 Å². The summed E-state index contributed by atoms with van der Waals surface area (Å²) >= 11 is 4.05. The molecule has 0 fully saturated rings. The van der Waals surface area contributed by atoms with E-state index in [1.165, 1.54) is 31.4 Å². The van der Waals surface area contributed by atoms with Crippen LogP contribution in [0.2, 0.25) is 0 Å². The Balaban J connectivity index is 1.52. The van der Waals surface area contributed by atoms with Crippen molar-refractivity contribution in [1.82, 2.24) is 0 Å². The van der Waals surface area contributed by atoms with Crippen molar-refractivity contribution in [3.63, 3.8) is 0 Å². The molecule has 0 amide bonds. The molecule has 0 heterocycles. The van der Waals surface area contributed by atoms with Gasteiger partial charge in [-0.1, -0.05) is 72.8 Å².